The fraction of sp³-hybridized carbons (Fsp3) is 0.0667. The second-order valence-corrected chi connectivity index (χ2v) is 4.84. The topological polar surface area (TPSA) is 52.6 Å². The van der Waals surface area contributed by atoms with Gasteiger partial charge in [0.15, 0.2) is 11.5 Å². The molecular weight excluding hydrogens is 324 g/mol. The zero-order valence-corrected chi connectivity index (χ0v) is 12.2. The molecule has 20 heavy (non-hydrogen) atoms. The summed E-state index contributed by atoms with van der Waals surface area (Å²) in [5.41, 5.74) is 0.866. The van der Waals surface area contributed by atoms with Crippen LogP contribution in [0.2, 0.25) is 0 Å². The van der Waals surface area contributed by atoms with Crippen molar-refractivity contribution < 1.29 is 19.1 Å². The summed E-state index contributed by atoms with van der Waals surface area (Å²) in [5.74, 6) is 0.101. The van der Waals surface area contributed by atoms with Crippen LogP contribution in [0.4, 0.5) is 0 Å². The summed E-state index contributed by atoms with van der Waals surface area (Å²) in [6.45, 7) is 0. The van der Waals surface area contributed by atoms with E-state index >= 15 is 0 Å². The van der Waals surface area contributed by atoms with Crippen molar-refractivity contribution >= 4 is 28.2 Å². The molecule has 2 rings (SSSR count). The molecule has 0 aromatic heterocycles. The van der Waals surface area contributed by atoms with E-state index in [9.17, 15) is 9.59 Å². The summed E-state index contributed by atoms with van der Waals surface area (Å²) in [6.07, 6.45) is 0.697. The Morgan fingerprint density at radius 1 is 1.15 bits per heavy atom. The van der Waals surface area contributed by atoms with Crippen LogP contribution >= 0.6 is 15.9 Å². The van der Waals surface area contributed by atoms with E-state index in [0.717, 1.165) is 4.47 Å². The summed E-state index contributed by atoms with van der Waals surface area (Å²) >= 11 is 3.29. The maximum Gasteiger partial charge on any atom is 0.343 e. The van der Waals surface area contributed by atoms with Gasteiger partial charge in [-0.15, -0.1) is 0 Å². The highest BCUT2D eigenvalue weighted by molar-refractivity contribution is 9.10. The van der Waals surface area contributed by atoms with E-state index in [4.69, 9.17) is 9.47 Å². The fourth-order valence-corrected chi connectivity index (χ4v) is 2.02. The largest absolute Gasteiger partial charge is 0.493 e. The van der Waals surface area contributed by atoms with Crippen LogP contribution in [-0.2, 0) is 0 Å². The van der Waals surface area contributed by atoms with E-state index in [1.54, 1.807) is 24.3 Å². The number of ether oxygens (including phenoxy) is 2. The van der Waals surface area contributed by atoms with Gasteiger partial charge in [0, 0.05) is 10.0 Å². The third-order valence-corrected chi connectivity index (χ3v) is 3.08. The van der Waals surface area contributed by atoms with E-state index in [1.807, 2.05) is 6.07 Å². The maximum atomic E-state index is 12.0. The van der Waals surface area contributed by atoms with Crippen LogP contribution in [0.5, 0.6) is 11.5 Å². The SMILES string of the molecule is COc1cc(C=O)ccc1OC(=O)c1cccc(Br)c1. The minimum atomic E-state index is -0.497. The van der Waals surface area contributed by atoms with Crippen LogP contribution < -0.4 is 9.47 Å². The van der Waals surface area contributed by atoms with Gasteiger partial charge >= 0.3 is 5.97 Å². The smallest absolute Gasteiger partial charge is 0.343 e. The highest BCUT2D eigenvalue weighted by atomic mass is 79.9. The molecule has 0 N–H and O–H groups in total. The van der Waals surface area contributed by atoms with Gasteiger partial charge in [0.1, 0.15) is 6.29 Å². The fourth-order valence-electron chi connectivity index (χ4n) is 1.62. The standard InChI is InChI=1S/C15H11BrO4/c1-19-14-7-10(9-17)5-6-13(14)20-15(18)11-3-2-4-12(16)8-11/h2-9H,1H3. The summed E-state index contributed by atoms with van der Waals surface area (Å²) in [6, 6.07) is 11.5. The third kappa shape index (κ3) is 3.24. The molecule has 4 nitrogen and oxygen atoms in total. The number of hydrogen-bond acceptors (Lipinski definition) is 4. The van der Waals surface area contributed by atoms with Gasteiger partial charge in [0.2, 0.25) is 0 Å². The van der Waals surface area contributed by atoms with Gasteiger partial charge in [0.25, 0.3) is 0 Å². The summed E-state index contributed by atoms with van der Waals surface area (Å²) in [7, 11) is 1.44. The predicted molar refractivity (Wildman–Crippen MR) is 77.5 cm³/mol. The first-order valence-electron chi connectivity index (χ1n) is 5.75. The zero-order valence-electron chi connectivity index (χ0n) is 10.6. The molecule has 2 aromatic carbocycles. The van der Waals surface area contributed by atoms with Crippen molar-refractivity contribution in [1.82, 2.24) is 0 Å². The van der Waals surface area contributed by atoms with Crippen molar-refractivity contribution in [2.45, 2.75) is 0 Å². The lowest BCUT2D eigenvalue weighted by atomic mass is 10.2. The Bertz CT molecular complexity index is 652. The molecule has 0 unspecified atom stereocenters. The number of aldehydes is 1. The van der Waals surface area contributed by atoms with Crippen molar-refractivity contribution in [2.24, 2.45) is 0 Å². The van der Waals surface area contributed by atoms with Gasteiger partial charge in [0.05, 0.1) is 12.7 Å². The van der Waals surface area contributed by atoms with Crippen LogP contribution in [0.1, 0.15) is 20.7 Å². The minimum absolute atomic E-state index is 0.267. The molecule has 0 heterocycles. The second kappa shape index (κ2) is 6.34. The molecule has 0 fully saturated rings. The van der Waals surface area contributed by atoms with E-state index < -0.39 is 5.97 Å². The zero-order chi connectivity index (χ0) is 14.5. The van der Waals surface area contributed by atoms with Gasteiger partial charge < -0.3 is 9.47 Å². The number of methoxy groups -OCH3 is 1. The average Bonchev–Trinajstić information content (AvgIpc) is 2.47. The molecule has 0 aliphatic rings. The molecule has 0 atom stereocenters. The van der Waals surface area contributed by atoms with Crippen molar-refractivity contribution in [3.8, 4) is 11.5 Å². The first kappa shape index (κ1) is 14.3. The number of carbonyl (C=O) groups is 2. The minimum Gasteiger partial charge on any atom is -0.493 e. The highest BCUT2D eigenvalue weighted by Crippen LogP contribution is 2.28. The van der Waals surface area contributed by atoms with Gasteiger partial charge in [-0.1, -0.05) is 22.0 Å². The van der Waals surface area contributed by atoms with Crippen molar-refractivity contribution in [2.75, 3.05) is 7.11 Å². The summed E-state index contributed by atoms with van der Waals surface area (Å²) in [5, 5.41) is 0. The molecule has 0 radical (unpaired) electrons. The van der Waals surface area contributed by atoms with Crippen LogP contribution in [0.25, 0.3) is 0 Å². The monoisotopic (exact) mass is 334 g/mol. The van der Waals surface area contributed by atoms with Crippen molar-refractivity contribution in [3.63, 3.8) is 0 Å². The number of halogens is 1. The van der Waals surface area contributed by atoms with Gasteiger partial charge in [-0.2, -0.15) is 0 Å². The number of hydrogen-bond donors (Lipinski definition) is 0. The van der Waals surface area contributed by atoms with Crippen LogP contribution in [0.15, 0.2) is 46.9 Å². The molecule has 0 aliphatic carbocycles. The highest BCUT2D eigenvalue weighted by Gasteiger charge is 2.13. The average molecular weight is 335 g/mol. The Hall–Kier alpha value is -2.14. The molecule has 102 valence electrons. The number of esters is 1. The Kier molecular flexibility index (Phi) is 4.53. The normalized spacial score (nSPS) is 9.90. The first-order valence-corrected chi connectivity index (χ1v) is 6.54. The van der Waals surface area contributed by atoms with E-state index in [0.29, 0.717) is 23.2 Å². The van der Waals surface area contributed by atoms with Crippen molar-refractivity contribution in [3.05, 3.63) is 58.1 Å². The molecule has 5 heteroatoms. The number of rotatable bonds is 4. The van der Waals surface area contributed by atoms with E-state index in [-0.39, 0.29) is 5.75 Å². The lowest BCUT2D eigenvalue weighted by Gasteiger charge is -2.09. The van der Waals surface area contributed by atoms with Crippen LogP contribution in [-0.4, -0.2) is 19.4 Å². The Morgan fingerprint density at radius 2 is 1.95 bits per heavy atom. The molecule has 0 saturated heterocycles. The van der Waals surface area contributed by atoms with E-state index in [1.165, 1.54) is 19.2 Å². The summed E-state index contributed by atoms with van der Waals surface area (Å²) < 4.78 is 11.2. The maximum absolute atomic E-state index is 12.0. The lowest BCUT2D eigenvalue weighted by molar-refractivity contribution is 0.0729. The number of benzene rings is 2. The van der Waals surface area contributed by atoms with Crippen LogP contribution in [0, 0.1) is 0 Å². The Morgan fingerprint density at radius 3 is 2.60 bits per heavy atom. The first-order chi connectivity index (χ1) is 9.63. The molecule has 2 aromatic rings. The van der Waals surface area contributed by atoms with Gasteiger partial charge in [-0.05, 0) is 36.4 Å². The number of carbonyl (C=O) groups excluding carboxylic acids is 2. The second-order valence-electron chi connectivity index (χ2n) is 3.93. The molecule has 0 aliphatic heterocycles. The molecular formula is C15H11BrO4. The van der Waals surface area contributed by atoms with Crippen molar-refractivity contribution in [1.29, 1.82) is 0 Å². The molecule has 0 spiro atoms. The lowest BCUT2D eigenvalue weighted by Crippen LogP contribution is -2.09. The Labute approximate surface area is 124 Å². The quantitative estimate of drug-likeness (QED) is 0.488. The molecule has 0 saturated carbocycles. The van der Waals surface area contributed by atoms with E-state index in [2.05, 4.69) is 15.9 Å². The molecule has 0 amide bonds. The third-order valence-electron chi connectivity index (χ3n) is 2.59. The van der Waals surface area contributed by atoms with Gasteiger partial charge in [-0.3, -0.25) is 4.79 Å². The predicted octanol–water partition coefficient (Wildman–Crippen LogP) is 3.49. The summed E-state index contributed by atoms with van der Waals surface area (Å²) in [4.78, 5) is 22.7. The van der Waals surface area contributed by atoms with Gasteiger partial charge in [-0.25, -0.2) is 4.79 Å². The van der Waals surface area contributed by atoms with Crippen LogP contribution in [0.3, 0.4) is 0 Å². The molecule has 0 bridgehead atoms. The Balaban J connectivity index is 2.25.